The minimum atomic E-state index is 0.0868. The third-order valence-electron chi connectivity index (χ3n) is 6.18. The molecule has 4 saturated carbocycles. The van der Waals surface area contributed by atoms with Crippen molar-refractivity contribution in [2.45, 2.75) is 89.5 Å². The zero-order valence-corrected chi connectivity index (χ0v) is 15.4. The Labute approximate surface area is 146 Å². The highest BCUT2D eigenvalue weighted by atomic mass is 32.1. The Hall–Kier alpha value is -0.640. The highest BCUT2D eigenvalue weighted by molar-refractivity contribution is 7.80. The number of rotatable bonds is 7. The van der Waals surface area contributed by atoms with E-state index in [1.165, 1.54) is 57.8 Å². The predicted octanol–water partition coefficient (Wildman–Crippen LogP) is 4.31. The van der Waals surface area contributed by atoms with Gasteiger partial charge in [-0.1, -0.05) is 32.6 Å². The molecule has 4 fully saturated rings. The second-order valence-electron chi connectivity index (χ2n) is 8.36. The lowest BCUT2D eigenvalue weighted by atomic mass is 9.53. The topological polar surface area (TPSA) is 41.1 Å². The first-order valence-corrected chi connectivity index (χ1v) is 10.1. The number of hydrogen-bond donors (Lipinski definition) is 2. The van der Waals surface area contributed by atoms with Gasteiger partial charge in [-0.15, -0.1) is 0 Å². The van der Waals surface area contributed by atoms with Crippen molar-refractivity contribution in [2.24, 2.45) is 17.8 Å². The van der Waals surface area contributed by atoms with Gasteiger partial charge in [0.25, 0.3) is 0 Å². The van der Waals surface area contributed by atoms with Crippen molar-refractivity contribution in [3.05, 3.63) is 0 Å². The fourth-order valence-electron chi connectivity index (χ4n) is 5.61. The largest absolute Gasteiger partial charge is 0.357 e. The fourth-order valence-corrected chi connectivity index (χ4v) is 5.94. The summed E-state index contributed by atoms with van der Waals surface area (Å²) in [5.41, 5.74) is 0.195. The van der Waals surface area contributed by atoms with Crippen LogP contribution in [-0.4, -0.2) is 16.6 Å². The minimum Gasteiger partial charge on any atom is -0.357 e. The Bertz CT molecular complexity index is 413. The monoisotopic (exact) mass is 336 g/mol. The van der Waals surface area contributed by atoms with E-state index in [9.17, 15) is 4.79 Å². The molecule has 4 rings (SSSR count). The number of carbonyl (C=O) groups is 1. The molecule has 0 aromatic heterocycles. The summed E-state index contributed by atoms with van der Waals surface area (Å²) in [4.78, 5) is 12.0. The fraction of sp³-hybridized carbons (Fsp3) is 0.895. The van der Waals surface area contributed by atoms with Crippen molar-refractivity contribution in [2.75, 3.05) is 0 Å². The highest BCUT2D eigenvalue weighted by Crippen LogP contribution is 2.55. The first-order valence-electron chi connectivity index (χ1n) is 9.70. The molecule has 23 heavy (non-hydrogen) atoms. The van der Waals surface area contributed by atoms with Crippen molar-refractivity contribution < 1.29 is 4.79 Å². The molecule has 4 aliphatic rings. The Morgan fingerprint density at radius 3 is 2.13 bits per heavy atom. The number of nitrogens with one attached hydrogen (secondary N) is 2. The second-order valence-corrected chi connectivity index (χ2v) is 8.77. The standard InChI is InChI=1S/C19H32N2OS/c1-2-3-4-5-6-7-17(22)20-18(23)21-19-11-14-8-15(12-19)10-16(9-14)13-19/h14-16H,2-13H2,1H3,(H2,20,21,22,23). The van der Waals surface area contributed by atoms with E-state index in [0.717, 1.165) is 30.6 Å². The van der Waals surface area contributed by atoms with Crippen molar-refractivity contribution in [1.82, 2.24) is 10.6 Å². The molecule has 0 aliphatic heterocycles. The second kappa shape index (κ2) is 7.50. The SMILES string of the molecule is CCCCCCCC(=O)NC(=S)NC12CC3CC(CC(C3)C1)C2. The van der Waals surface area contributed by atoms with Crippen molar-refractivity contribution in [1.29, 1.82) is 0 Å². The molecule has 0 atom stereocenters. The highest BCUT2D eigenvalue weighted by Gasteiger charge is 2.51. The lowest BCUT2D eigenvalue weighted by Gasteiger charge is -2.57. The molecule has 0 spiro atoms. The van der Waals surface area contributed by atoms with E-state index < -0.39 is 0 Å². The zero-order valence-electron chi connectivity index (χ0n) is 14.5. The van der Waals surface area contributed by atoms with E-state index in [2.05, 4.69) is 17.6 Å². The minimum absolute atomic E-state index is 0.0868. The maximum atomic E-state index is 12.0. The van der Waals surface area contributed by atoms with E-state index >= 15 is 0 Å². The molecular weight excluding hydrogens is 304 g/mol. The number of hydrogen-bond acceptors (Lipinski definition) is 2. The predicted molar refractivity (Wildman–Crippen MR) is 98.2 cm³/mol. The van der Waals surface area contributed by atoms with Crippen LogP contribution in [0.2, 0.25) is 0 Å². The summed E-state index contributed by atoms with van der Waals surface area (Å²) in [6, 6.07) is 0. The number of thiocarbonyl (C=S) groups is 1. The third kappa shape index (κ3) is 4.46. The van der Waals surface area contributed by atoms with Crippen LogP contribution in [0.1, 0.15) is 84.0 Å². The van der Waals surface area contributed by atoms with Gasteiger partial charge in [-0.2, -0.15) is 0 Å². The zero-order chi connectivity index (χ0) is 16.3. The van der Waals surface area contributed by atoms with Gasteiger partial charge in [0.15, 0.2) is 5.11 Å². The summed E-state index contributed by atoms with van der Waals surface area (Å²) in [6.45, 7) is 2.21. The van der Waals surface area contributed by atoms with Gasteiger partial charge in [-0.3, -0.25) is 4.79 Å². The van der Waals surface area contributed by atoms with Crippen LogP contribution in [-0.2, 0) is 4.79 Å². The summed E-state index contributed by atoms with van der Waals surface area (Å²) < 4.78 is 0. The number of amides is 1. The summed E-state index contributed by atoms with van der Waals surface area (Å²) >= 11 is 5.44. The first-order chi connectivity index (χ1) is 11.1. The summed E-state index contributed by atoms with van der Waals surface area (Å²) in [5.74, 6) is 2.77. The van der Waals surface area contributed by atoms with Gasteiger partial charge in [-0.25, -0.2) is 0 Å². The molecule has 0 heterocycles. The lowest BCUT2D eigenvalue weighted by Crippen LogP contribution is -2.61. The van der Waals surface area contributed by atoms with Crippen LogP contribution in [0.5, 0.6) is 0 Å². The summed E-state index contributed by atoms with van der Waals surface area (Å²) in [7, 11) is 0. The van der Waals surface area contributed by atoms with Crippen molar-refractivity contribution in [3.8, 4) is 0 Å². The van der Waals surface area contributed by atoms with Crippen LogP contribution in [0, 0.1) is 17.8 Å². The number of carbonyl (C=O) groups excluding carboxylic acids is 1. The average Bonchev–Trinajstić information content (AvgIpc) is 2.44. The van der Waals surface area contributed by atoms with Crippen LogP contribution < -0.4 is 10.6 Å². The quantitative estimate of drug-likeness (QED) is 0.538. The molecule has 2 N–H and O–H groups in total. The molecule has 4 aliphatic carbocycles. The summed E-state index contributed by atoms with van der Waals surface area (Å²) in [6.07, 6.45) is 14.5. The number of unbranched alkanes of at least 4 members (excludes halogenated alkanes) is 4. The van der Waals surface area contributed by atoms with Gasteiger partial charge < -0.3 is 10.6 Å². The van der Waals surface area contributed by atoms with Gasteiger partial charge in [-0.05, 0) is 74.9 Å². The Morgan fingerprint density at radius 1 is 1.00 bits per heavy atom. The van der Waals surface area contributed by atoms with Crippen LogP contribution >= 0.6 is 12.2 Å². The van der Waals surface area contributed by atoms with E-state index in [1.54, 1.807) is 0 Å². The molecule has 130 valence electrons. The van der Waals surface area contributed by atoms with E-state index in [-0.39, 0.29) is 11.4 Å². The average molecular weight is 337 g/mol. The molecule has 1 amide bonds. The van der Waals surface area contributed by atoms with Crippen LogP contribution in [0.25, 0.3) is 0 Å². The Morgan fingerprint density at radius 2 is 1.57 bits per heavy atom. The van der Waals surface area contributed by atoms with Crippen LogP contribution in [0.15, 0.2) is 0 Å². The maximum absolute atomic E-state index is 12.0. The Balaban J connectivity index is 1.40. The van der Waals surface area contributed by atoms with E-state index in [4.69, 9.17) is 12.2 Å². The maximum Gasteiger partial charge on any atom is 0.226 e. The molecule has 3 nitrogen and oxygen atoms in total. The molecule has 0 aromatic rings. The molecule has 4 bridgehead atoms. The van der Waals surface area contributed by atoms with Gasteiger partial charge >= 0.3 is 0 Å². The smallest absolute Gasteiger partial charge is 0.226 e. The third-order valence-corrected chi connectivity index (χ3v) is 6.38. The van der Waals surface area contributed by atoms with Crippen LogP contribution in [0.3, 0.4) is 0 Å². The van der Waals surface area contributed by atoms with E-state index in [1.807, 2.05) is 0 Å². The molecule has 0 radical (unpaired) electrons. The lowest BCUT2D eigenvalue weighted by molar-refractivity contribution is -0.119. The molecule has 0 saturated heterocycles. The molecule has 4 heteroatoms. The molecule has 0 unspecified atom stereocenters. The summed E-state index contributed by atoms with van der Waals surface area (Å²) in [5, 5.41) is 7.07. The van der Waals surface area contributed by atoms with Gasteiger partial charge in [0.05, 0.1) is 0 Å². The van der Waals surface area contributed by atoms with Crippen molar-refractivity contribution in [3.63, 3.8) is 0 Å². The van der Waals surface area contributed by atoms with Gasteiger partial charge in [0.2, 0.25) is 5.91 Å². The van der Waals surface area contributed by atoms with Gasteiger partial charge in [0, 0.05) is 12.0 Å². The molecule has 0 aromatic carbocycles. The van der Waals surface area contributed by atoms with Gasteiger partial charge in [0.1, 0.15) is 0 Å². The van der Waals surface area contributed by atoms with Crippen LogP contribution in [0.4, 0.5) is 0 Å². The Kier molecular flexibility index (Phi) is 5.61. The molecular formula is C19H32N2OS. The normalized spacial score (nSPS) is 34.4. The first kappa shape index (κ1) is 17.2. The van der Waals surface area contributed by atoms with E-state index in [0.29, 0.717) is 11.5 Å². The van der Waals surface area contributed by atoms with Crippen molar-refractivity contribution >= 4 is 23.2 Å².